The molecule has 1 fully saturated rings. The molecule has 2 aromatic rings. The second-order valence-electron chi connectivity index (χ2n) is 9.35. The smallest absolute Gasteiger partial charge is 0.268 e. The molecule has 6 N–H and O–H groups in total. The van der Waals surface area contributed by atoms with Crippen molar-refractivity contribution in [3.8, 4) is 0 Å². The van der Waals surface area contributed by atoms with Crippen molar-refractivity contribution >= 4 is 17.5 Å². The Labute approximate surface area is 221 Å². The molecule has 0 aromatic carbocycles. The molecule has 11 nitrogen and oxygen atoms in total. The van der Waals surface area contributed by atoms with Crippen LogP contribution in [0.5, 0.6) is 0 Å². The molecule has 0 radical (unpaired) electrons. The Morgan fingerprint density at radius 2 is 2.16 bits per heavy atom. The average molecular weight is 530 g/mol. The van der Waals surface area contributed by atoms with E-state index < -0.39 is 12.1 Å². The summed E-state index contributed by atoms with van der Waals surface area (Å²) in [5, 5.41) is 6.36. The molecule has 0 spiro atoms. The van der Waals surface area contributed by atoms with E-state index in [1.54, 1.807) is 12.3 Å². The van der Waals surface area contributed by atoms with E-state index in [1.807, 2.05) is 19.1 Å². The van der Waals surface area contributed by atoms with Crippen LogP contribution >= 0.6 is 0 Å². The molecule has 3 rings (SSSR count). The van der Waals surface area contributed by atoms with Gasteiger partial charge in [-0.2, -0.15) is 0 Å². The van der Waals surface area contributed by atoms with Crippen LogP contribution < -0.4 is 27.8 Å². The van der Waals surface area contributed by atoms with E-state index in [-0.39, 0.29) is 55.7 Å². The van der Waals surface area contributed by atoms with Crippen molar-refractivity contribution in [2.45, 2.75) is 64.4 Å². The number of nitrogens with zero attached hydrogens (tertiary/aromatic N) is 3. The third kappa shape index (κ3) is 9.60. The lowest BCUT2D eigenvalue weighted by Crippen LogP contribution is -2.36. The van der Waals surface area contributed by atoms with Gasteiger partial charge in [0.15, 0.2) is 0 Å². The van der Waals surface area contributed by atoms with Crippen LogP contribution in [0.15, 0.2) is 53.4 Å². The number of amides is 2. The van der Waals surface area contributed by atoms with Crippen LogP contribution in [-0.2, 0) is 27.4 Å². The lowest BCUT2D eigenvalue weighted by Gasteiger charge is -2.22. The number of aryl methyl sites for hydroxylation is 2. The van der Waals surface area contributed by atoms with Crippen molar-refractivity contribution in [1.29, 1.82) is 0 Å². The summed E-state index contributed by atoms with van der Waals surface area (Å²) in [4.78, 5) is 41.0. The second kappa shape index (κ2) is 14.2. The quantitative estimate of drug-likeness (QED) is 0.183. The van der Waals surface area contributed by atoms with Gasteiger partial charge in [-0.25, -0.2) is 10.2 Å². The minimum atomic E-state index is -1.38. The zero-order valence-electron chi connectivity index (χ0n) is 21.6. The molecule has 12 heteroatoms. The molecule has 0 aliphatic carbocycles. The maximum absolute atomic E-state index is 14.5. The Morgan fingerprint density at radius 3 is 2.84 bits per heavy atom. The summed E-state index contributed by atoms with van der Waals surface area (Å²) in [5.74, 6) is 5.04. The van der Waals surface area contributed by atoms with E-state index in [0.717, 1.165) is 41.7 Å². The normalized spacial score (nSPS) is 16.5. The Morgan fingerprint density at radius 1 is 1.34 bits per heavy atom. The molecule has 2 amide bonds. The number of carbonyl (C=O) groups excluding carboxylic acids is 2. The summed E-state index contributed by atoms with van der Waals surface area (Å²) >= 11 is 0. The number of carbonyl (C=O) groups is 2. The lowest BCUT2D eigenvalue weighted by molar-refractivity contribution is -0.120. The SMILES string of the molecule is Cc1ccc(CNC(=O)/C(N)=C/N(N)CC(F)CCn2ccc(NC(=O)CC3CCCCO3)cc2=O)cn1. The standard InChI is InChI=1S/C26H36FN7O4/c1-18-5-6-19(14-30-18)15-31-26(37)23(28)17-34(29)16-20(27)7-9-33-10-8-21(12-25(33)36)32-24(35)13-22-4-2-3-11-38-22/h5-6,8,10,12,14,17,20,22H,2-4,7,9,11,13,15-16,28-29H2,1H3,(H,31,37)(H,32,35)/b23-17-. The summed E-state index contributed by atoms with van der Waals surface area (Å²) in [6.45, 7) is 2.66. The number of hydrogen-bond acceptors (Lipinski definition) is 8. The molecule has 3 heterocycles. The number of alkyl halides is 1. The van der Waals surface area contributed by atoms with Gasteiger partial charge in [-0.3, -0.25) is 19.4 Å². The van der Waals surface area contributed by atoms with Crippen molar-refractivity contribution in [3.63, 3.8) is 0 Å². The van der Waals surface area contributed by atoms with Crippen LogP contribution in [0.1, 0.15) is 43.4 Å². The Hall–Kier alpha value is -3.77. The summed E-state index contributed by atoms with van der Waals surface area (Å²) in [6, 6.07) is 6.57. The lowest BCUT2D eigenvalue weighted by atomic mass is 10.1. The Kier molecular flexibility index (Phi) is 10.8. The van der Waals surface area contributed by atoms with Crippen molar-refractivity contribution in [3.05, 3.63) is 70.2 Å². The topological polar surface area (TPSA) is 158 Å². The van der Waals surface area contributed by atoms with Crippen LogP contribution in [0.25, 0.3) is 0 Å². The third-order valence-electron chi connectivity index (χ3n) is 6.05. The molecule has 2 atom stereocenters. The largest absolute Gasteiger partial charge is 0.393 e. The van der Waals surface area contributed by atoms with Gasteiger partial charge in [0.05, 0.1) is 19.1 Å². The molecule has 0 saturated carbocycles. The highest BCUT2D eigenvalue weighted by Gasteiger charge is 2.18. The van der Waals surface area contributed by atoms with Crippen LogP contribution in [0.2, 0.25) is 0 Å². The van der Waals surface area contributed by atoms with Gasteiger partial charge in [-0.05, 0) is 50.3 Å². The molecule has 2 aromatic heterocycles. The predicted molar refractivity (Wildman–Crippen MR) is 141 cm³/mol. The first-order valence-corrected chi connectivity index (χ1v) is 12.6. The number of aromatic nitrogens is 2. The van der Waals surface area contributed by atoms with Gasteiger partial charge in [-0.1, -0.05) is 6.07 Å². The van der Waals surface area contributed by atoms with Gasteiger partial charge in [0.25, 0.3) is 11.5 Å². The monoisotopic (exact) mass is 529 g/mol. The van der Waals surface area contributed by atoms with Crippen molar-refractivity contribution in [1.82, 2.24) is 19.9 Å². The molecule has 1 aliphatic heterocycles. The third-order valence-corrected chi connectivity index (χ3v) is 6.05. The van der Waals surface area contributed by atoms with Gasteiger partial charge in [0.2, 0.25) is 5.91 Å². The van der Waals surface area contributed by atoms with Crippen LogP contribution in [0.4, 0.5) is 10.1 Å². The number of rotatable bonds is 12. The van der Waals surface area contributed by atoms with E-state index in [1.165, 1.54) is 16.8 Å². The molecule has 1 aliphatic rings. The van der Waals surface area contributed by atoms with E-state index in [9.17, 15) is 18.8 Å². The van der Waals surface area contributed by atoms with E-state index in [0.29, 0.717) is 12.3 Å². The number of anilines is 1. The fraction of sp³-hybridized carbons (Fsp3) is 0.462. The van der Waals surface area contributed by atoms with Crippen LogP contribution in [0.3, 0.4) is 0 Å². The summed E-state index contributed by atoms with van der Waals surface area (Å²) in [7, 11) is 0. The van der Waals surface area contributed by atoms with Crippen LogP contribution in [0, 0.1) is 6.92 Å². The molecule has 2 unspecified atom stereocenters. The molecular weight excluding hydrogens is 493 g/mol. The minimum absolute atomic E-state index is 0.0126. The zero-order valence-corrected chi connectivity index (χ0v) is 21.6. The first-order valence-electron chi connectivity index (χ1n) is 12.6. The molecule has 206 valence electrons. The zero-order chi connectivity index (χ0) is 27.5. The highest BCUT2D eigenvalue weighted by Crippen LogP contribution is 2.16. The van der Waals surface area contributed by atoms with E-state index in [2.05, 4.69) is 15.6 Å². The number of ether oxygens (including phenoxy) is 1. The predicted octanol–water partition coefficient (Wildman–Crippen LogP) is 1.47. The summed E-state index contributed by atoms with van der Waals surface area (Å²) in [6.07, 6.45) is 6.00. The van der Waals surface area contributed by atoms with Crippen molar-refractivity contribution in [2.24, 2.45) is 11.6 Å². The first-order chi connectivity index (χ1) is 18.2. The number of halogens is 1. The molecule has 1 saturated heterocycles. The maximum atomic E-state index is 14.5. The second-order valence-corrected chi connectivity index (χ2v) is 9.35. The number of hydrogen-bond donors (Lipinski definition) is 4. The Balaban J connectivity index is 1.41. The van der Waals surface area contributed by atoms with Gasteiger partial charge < -0.3 is 30.7 Å². The maximum Gasteiger partial charge on any atom is 0.268 e. The van der Waals surface area contributed by atoms with Crippen LogP contribution in [-0.4, -0.2) is 51.8 Å². The molecule has 38 heavy (non-hydrogen) atoms. The average Bonchev–Trinajstić information content (AvgIpc) is 2.88. The minimum Gasteiger partial charge on any atom is -0.393 e. The van der Waals surface area contributed by atoms with Gasteiger partial charge in [0.1, 0.15) is 11.9 Å². The van der Waals surface area contributed by atoms with Gasteiger partial charge in [0, 0.05) is 55.7 Å². The summed E-state index contributed by atoms with van der Waals surface area (Å²) < 4.78 is 21.4. The fourth-order valence-corrected chi connectivity index (χ4v) is 3.93. The highest BCUT2D eigenvalue weighted by atomic mass is 19.1. The van der Waals surface area contributed by atoms with Gasteiger partial charge >= 0.3 is 0 Å². The van der Waals surface area contributed by atoms with Gasteiger partial charge in [-0.15, -0.1) is 0 Å². The highest BCUT2D eigenvalue weighted by molar-refractivity contribution is 5.92. The Bertz CT molecular complexity index is 1160. The number of nitrogens with one attached hydrogen (secondary N) is 2. The van der Waals surface area contributed by atoms with E-state index >= 15 is 0 Å². The van der Waals surface area contributed by atoms with Crippen molar-refractivity contribution < 1.29 is 18.7 Å². The number of nitrogens with two attached hydrogens (primary N) is 2. The summed E-state index contributed by atoms with van der Waals surface area (Å²) in [5.41, 5.74) is 7.31. The fourth-order valence-electron chi connectivity index (χ4n) is 3.93. The molecule has 0 bridgehead atoms. The first kappa shape index (κ1) is 28.8. The van der Waals surface area contributed by atoms with Crippen molar-refractivity contribution in [2.75, 3.05) is 18.5 Å². The number of hydrazine groups is 1. The molecular formula is C26H36FN7O4. The van der Waals surface area contributed by atoms with E-state index in [4.69, 9.17) is 16.3 Å². The number of pyridine rings is 2.